The van der Waals surface area contributed by atoms with Gasteiger partial charge in [-0.3, -0.25) is 4.79 Å². The summed E-state index contributed by atoms with van der Waals surface area (Å²) in [5.41, 5.74) is -0.546. The third kappa shape index (κ3) is 5.41. The van der Waals surface area contributed by atoms with E-state index in [1.165, 1.54) is 19.3 Å². The lowest BCUT2D eigenvalue weighted by molar-refractivity contribution is -0.153. The Bertz CT molecular complexity index is 264. The zero-order chi connectivity index (χ0) is 14.8. The van der Waals surface area contributed by atoms with Gasteiger partial charge in [0.15, 0.2) is 0 Å². The van der Waals surface area contributed by atoms with Crippen LogP contribution in [0.1, 0.15) is 58.3 Å². The predicted octanol–water partition coefficient (Wildman–Crippen LogP) is 3.49. The van der Waals surface area contributed by atoms with Crippen LogP contribution in [-0.2, 0) is 14.3 Å². The van der Waals surface area contributed by atoms with Crippen molar-refractivity contribution >= 4 is 5.97 Å². The highest BCUT2D eigenvalue weighted by Crippen LogP contribution is 2.43. The van der Waals surface area contributed by atoms with Gasteiger partial charge in [-0.15, -0.1) is 0 Å². The molecule has 1 saturated carbocycles. The third-order valence-corrected chi connectivity index (χ3v) is 4.64. The maximum absolute atomic E-state index is 11.6. The number of rotatable bonds is 10. The molecule has 1 N–H and O–H groups in total. The number of aliphatic carboxylic acids is 1. The molecule has 0 atom stereocenters. The minimum atomic E-state index is -0.637. The van der Waals surface area contributed by atoms with E-state index in [2.05, 4.69) is 6.92 Å². The summed E-state index contributed by atoms with van der Waals surface area (Å²) in [6.45, 7) is 3.85. The summed E-state index contributed by atoms with van der Waals surface area (Å²) in [4.78, 5) is 11.6. The number of unbranched alkanes of at least 4 members (excludes halogenated alkanes) is 1. The molecule has 0 bridgehead atoms. The second-order valence-electron chi connectivity index (χ2n) is 6.03. The largest absolute Gasteiger partial charge is 0.481 e. The van der Waals surface area contributed by atoms with Crippen molar-refractivity contribution in [3.63, 3.8) is 0 Å². The molecule has 4 heteroatoms. The van der Waals surface area contributed by atoms with E-state index >= 15 is 0 Å². The first-order valence-electron chi connectivity index (χ1n) is 7.94. The topological polar surface area (TPSA) is 55.8 Å². The van der Waals surface area contributed by atoms with Gasteiger partial charge in [-0.25, -0.2) is 0 Å². The highest BCUT2D eigenvalue weighted by molar-refractivity contribution is 5.74. The molecule has 0 saturated heterocycles. The number of hydrogen-bond acceptors (Lipinski definition) is 3. The van der Waals surface area contributed by atoms with E-state index in [1.54, 1.807) is 7.11 Å². The van der Waals surface area contributed by atoms with Gasteiger partial charge in [0.05, 0.1) is 18.6 Å². The van der Waals surface area contributed by atoms with Crippen LogP contribution < -0.4 is 0 Å². The fourth-order valence-corrected chi connectivity index (χ4v) is 3.09. The van der Waals surface area contributed by atoms with Gasteiger partial charge in [0.2, 0.25) is 0 Å². The van der Waals surface area contributed by atoms with Crippen molar-refractivity contribution in [3.8, 4) is 0 Å². The van der Waals surface area contributed by atoms with Crippen LogP contribution >= 0.6 is 0 Å². The minimum Gasteiger partial charge on any atom is -0.481 e. The smallest absolute Gasteiger partial charge is 0.309 e. The molecular weight excluding hydrogens is 256 g/mol. The highest BCUT2D eigenvalue weighted by atomic mass is 16.5. The molecule has 0 heterocycles. The maximum atomic E-state index is 11.6. The van der Waals surface area contributed by atoms with Gasteiger partial charge < -0.3 is 14.6 Å². The summed E-state index contributed by atoms with van der Waals surface area (Å²) < 4.78 is 10.4. The van der Waals surface area contributed by atoms with Crippen molar-refractivity contribution in [1.82, 2.24) is 0 Å². The van der Waals surface area contributed by atoms with Gasteiger partial charge in [0.25, 0.3) is 0 Å². The summed E-state index contributed by atoms with van der Waals surface area (Å²) in [6, 6.07) is 0. The van der Waals surface area contributed by atoms with Gasteiger partial charge in [-0.2, -0.15) is 0 Å². The molecule has 20 heavy (non-hydrogen) atoms. The van der Waals surface area contributed by atoms with Crippen molar-refractivity contribution in [3.05, 3.63) is 0 Å². The van der Waals surface area contributed by atoms with Crippen molar-refractivity contribution < 1.29 is 19.4 Å². The van der Waals surface area contributed by atoms with Crippen LogP contribution in [0.4, 0.5) is 0 Å². The van der Waals surface area contributed by atoms with Gasteiger partial charge in [-0.1, -0.05) is 26.2 Å². The van der Waals surface area contributed by atoms with Gasteiger partial charge >= 0.3 is 5.97 Å². The van der Waals surface area contributed by atoms with Crippen molar-refractivity contribution in [2.45, 2.75) is 58.3 Å². The molecule has 0 aromatic rings. The molecule has 0 aromatic carbocycles. The zero-order valence-electron chi connectivity index (χ0n) is 13.0. The zero-order valence-corrected chi connectivity index (χ0v) is 13.0. The molecule has 0 radical (unpaired) electrons. The van der Waals surface area contributed by atoms with E-state index in [0.717, 1.165) is 31.6 Å². The number of methoxy groups -OCH3 is 1. The van der Waals surface area contributed by atoms with Crippen molar-refractivity contribution in [1.29, 1.82) is 0 Å². The Morgan fingerprint density at radius 3 is 2.50 bits per heavy atom. The summed E-state index contributed by atoms with van der Waals surface area (Å²) in [7, 11) is 1.64. The monoisotopic (exact) mass is 286 g/mol. The second-order valence-corrected chi connectivity index (χ2v) is 6.03. The molecule has 1 aliphatic rings. The number of carboxylic acids is 1. The Kier molecular flexibility index (Phi) is 8.15. The molecule has 1 rings (SSSR count). The Balaban J connectivity index is 2.35. The van der Waals surface area contributed by atoms with Crippen molar-refractivity contribution in [2.75, 3.05) is 26.9 Å². The van der Waals surface area contributed by atoms with Gasteiger partial charge in [0.1, 0.15) is 0 Å². The molecule has 0 aliphatic heterocycles. The van der Waals surface area contributed by atoms with E-state index in [1.807, 2.05) is 0 Å². The van der Waals surface area contributed by atoms with Crippen LogP contribution in [0.3, 0.4) is 0 Å². The van der Waals surface area contributed by atoms with Gasteiger partial charge in [-0.05, 0) is 38.0 Å². The lowest BCUT2D eigenvalue weighted by atomic mass is 9.68. The van der Waals surface area contributed by atoms with Crippen molar-refractivity contribution in [2.24, 2.45) is 11.3 Å². The summed E-state index contributed by atoms with van der Waals surface area (Å²) in [5.74, 6) is 0.0959. The summed E-state index contributed by atoms with van der Waals surface area (Å²) >= 11 is 0. The lowest BCUT2D eigenvalue weighted by Gasteiger charge is -2.37. The quantitative estimate of drug-likeness (QED) is 0.625. The molecule has 1 aliphatic carbocycles. The molecule has 118 valence electrons. The van der Waals surface area contributed by atoms with Crippen LogP contribution in [0, 0.1) is 11.3 Å². The number of carbonyl (C=O) groups is 1. The summed E-state index contributed by atoms with van der Waals surface area (Å²) in [5, 5.41) is 9.57. The molecule has 4 nitrogen and oxygen atoms in total. The first-order chi connectivity index (χ1) is 9.64. The molecule has 0 amide bonds. The third-order valence-electron chi connectivity index (χ3n) is 4.64. The fraction of sp³-hybridized carbons (Fsp3) is 0.938. The average Bonchev–Trinajstić information content (AvgIpc) is 2.46. The predicted molar refractivity (Wildman–Crippen MR) is 78.9 cm³/mol. The maximum Gasteiger partial charge on any atom is 0.309 e. The summed E-state index contributed by atoms with van der Waals surface area (Å²) in [6.07, 6.45) is 8.13. The Morgan fingerprint density at radius 2 is 1.95 bits per heavy atom. The highest BCUT2D eigenvalue weighted by Gasteiger charge is 2.41. The number of carboxylic acid groups (broad SMARTS) is 1. The molecule has 0 unspecified atom stereocenters. The molecular formula is C16H30O4. The van der Waals surface area contributed by atoms with Crippen LogP contribution in [0.2, 0.25) is 0 Å². The van der Waals surface area contributed by atoms with E-state index in [4.69, 9.17) is 9.47 Å². The first-order valence-corrected chi connectivity index (χ1v) is 7.94. The standard InChI is InChI=1S/C16H30O4/c1-3-4-5-14-6-8-16(9-7-14,15(17)18)10-11-20-13-12-19-2/h14H,3-13H2,1-2H3,(H,17,18). The van der Waals surface area contributed by atoms with Crippen LogP contribution in [0.25, 0.3) is 0 Å². The van der Waals surface area contributed by atoms with E-state index in [9.17, 15) is 9.90 Å². The fourth-order valence-electron chi connectivity index (χ4n) is 3.09. The van der Waals surface area contributed by atoms with E-state index < -0.39 is 11.4 Å². The van der Waals surface area contributed by atoms with Gasteiger partial charge in [0, 0.05) is 13.7 Å². The van der Waals surface area contributed by atoms with E-state index in [0.29, 0.717) is 26.2 Å². The number of hydrogen-bond donors (Lipinski definition) is 1. The lowest BCUT2D eigenvalue weighted by Crippen LogP contribution is -2.36. The Hall–Kier alpha value is -0.610. The molecule has 0 spiro atoms. The normalized spacial score (nSPS) is 26.6. The van der Waals surface area contributed by atoms with E-state index in [-0.39, 0.29) is 0 Å². The Labute approximate surface area is 122 Å². The first kappa shape index (κ1) is 17.4. The number of ether oxygens (including phenoxy) is 2. The average molecular weight is 286 g/mol. The second kappa shape index (κ2) is 9.35. The van der Waals surface area contributed by atoms with Crippen LogP contribution in [0.5, 0.6) is 0 Å². The van der Waals surface area contributed by atoms with Crippen LogP contribution in [-0.4, -0.2) is 38.0 Å². The molecule has 0 aromatic heterocycles. The Morgan fingerprint density at radius 1 is 1.25 bits per heavy atom. The SMILES string of the molecule is CCCCC1CCC(CCOCCOC)(C(=O)O)CC1. The molecule has 1 fully saturated rings. The van der Waals surface area contributed by atoms with Crippen LogP contribution in [0.15, 0.2) is 0 Å². The minimum absolute atomic E-state index is 0.523.